The van der Waals surface area contributed by atoms with Crippen LogP contribution >= 0.6 is 12.6 Å². The summed E-state index contributed by atoms with van der Waals surface area (Å²) in [6.45, 7) is 0. The summed E-state index contributed by atoms with van der Waals surface area (Å²) in [5.41, 5.74) is 2.49. The van der Waals surface area contributed by atoms with Crippen LogP contribution in [0.3, 0.4) is 0 Å². The molecule has 2 rings (SSSR count). The number of hydrogen-bond donors (Lipinski definition) is 1. The van der Waals surface area contributed by atoms with Crippen molar-refractivity contribution >= 4 is 18.7 Å². The summed E-state index contributed by atoms with van der Waals surface area (Å²) in [7, 11) is 0. The molecule has 2 aromatic carbocycles. The number of hydrogen-bond acceptors (Lipinski definition) is 1. The zero-order valence-electron chi connectivity index (χ0n) is 9.01. The molecule has 0 heterocycles. The van der Waals surface area contributed by atoms with E-state index in [9.17, 15) is 0 Å². The maximum atomic E-state index is 4.51. The van der Waals surface area contributed by atoms with E-state index < -0.39 is 0 Å². The first-order chi connectivity index (χ1) is 7.84. The van der Waals surface area contributed by atoms with E-state index in [2.05, 4.69) is 55.1 Å². The third-order valence-corrected chi connectivity index (χ3v) is 2.65. The van der Waals surface area contributed by atoms with E-state index >= 15 is 0 Å². The molecular weight excluding hydrogens is 212 g/mol. The summed E-state index contributed by atoms with van der Waals surface area (Å²) in [4.78, 5) is 1.08. The van der Waals surface area contributed by atoms with Gasteiger partial charge in [-0.15, -0.1) is 12.6 Å². The van der Waals surface area contributed by atoms with Crippen LogP contribution in [0.5, 0.6) is 0 Å². The second kappa shape index (κ2) is 5.57. The molecule has 0 aliphatic heterocycles. The highest BCUT2D eigenvalue weighted by molar-refractivity contribution is 7.84. The molecule has 0 radical (unpaired) electrons. The fourth-order valence-electron chi connectivity index (χ4n) is 1.60. The molecule has 0 saturated carbocycles. The van der Waals surface area contributed by atoms with E-state index in [0.717, 1.165) is 11.3 Å². The lowest BCUT2D eigenvalue weighted by molar-refractivity contribution is 1.26. The van der Waals surface area contributed by atoms with Gasteiger partial charge in [-0.05, 0) is 22.1 Å². The van der Waals surface area contributed by atoms with Crippen LogP contribution in [0.1, 0.15) is 11.1 Å². The molecule has 0 bridgehead atoms. The summed E-state index contributed by atoms with van der Waals surface area (Å²) >= 11 is 4.51. The zero-order chi connectivity index (χ0) is 11.2. The molecule has 1 heteroatoms. The minimum atomic E-state index is 0.888. The fraction of sp³-hybridized carbons (Fsp3) is 0.0667. The molecule has 0 fully saturated rings. The van der Waals surface area contributed by atoms with Crippen LogP contribution in [0.25, 0.3) is 6.08 Å². The van der Waals surface area contributed by atoms with E-state index in [-0.39, 0.29) is 0 Å². The highest BCUT2D eigenvalue weighted by atomic mass is 32.1. The van der Waals surface area contributed by atoms with Crippen molar-refractivity contribution < 1.29 is 0 Å². The van der Waals surface area contributed by atoms with Crippen molar-refractivity contribution in [1.82, 2.24) is 0 Å². The van der Waals surface area contributed by atoms with Crippen LogP contribution < -0.4 is 0 Å². The second-order valence-corrected chi connectivity index (χ2v) is 4.28. The molecule has 0 aromatic heterocycles. The lowest BCUT2D eigenvalue weighted by Gasteiger charge is -2.01. The minimum Gasteiger partial charge on any atom is -0.148 e. The molecule has 2 aromatic rings. The average molecular weight is 226 g/mol. The summed E-state index contributed by atoms with van der Waals surface area (Å²) in [6.07, 6.45) is 2.99. The SMILES string of the molecule is S/C(=C\c1ccccc1)Cc1ccccc1. The third kappa shape index (κ3) is 3.28. The van der Waals surface area contributed by atoms with E-state index in [1.807, 2.05) is 24.3 Å². The number of thiol groups is 1. The van der Waals surface area contributed by atoms with Gasteiger partial charge in [-0.3, -0.25) is 0 Å². The Labute approximate surface area is 102 Å². The van der Waals surface area contributed by atoms with Gasteiger partial charge >= 0.3 is 0 Å². The van der Waals surface area contributed by atoms with Crippen molar-refractivity contribution in [3.8, 4) is 0 Å². The number of allylic oxidation sites excluding steroid dienone is 1. The molecule has 0 aliphatic rings. The topological polar surface area (TPSA) is 0 Å². The van der Waals surface area contributed by atoms with Gasteiger partial charge in [0, 0.05) is 6.42 Å². The predicted octanol–water partition coefficient (Wildman–Crippen LogP) is 4.20. The van der Waals surface area contributed by atoms with Crippen molar-refractivity contribution in [3.63, 3.8) is 0 Å². The molecule has 16 heavy (non-hydrogen) atoms. The average Bonchev–Trinajstić information content (AvgIpc) is 2.31. The first-order valence-corrected chi connectivity index (χ1v) is 5.78. The van der Waals surface area contributed by atoms with Crippen LogP contribution in [0.15, 0.2) is 65.6 Å². The van der Waals surface area contributed by atoms with Gasteiger partial charge in [0.2, 0.25) is 0 Å². The Kier molecular flexibility index (Phi) is 3.84. The molecule has 0 atom stereocenters. The van der Waals surface area contributed by atoms with Crippen molar-refractivity contribution in [3.05, 3.63) is 76.7 Å². The normalized spacial score (nSPS) is 11.4. The van der Waals surface area contributed by atoms with Crippen LogP contribution in [0.4, 0.5) is 0 Å². The van der Waals surface area contributed by atoms with Gasteiger partial charge in [0.1, 0.15) is 0 Å². The number of benzene rings is 2. The largest absolute Gasteiger partial charge is 0.148 e. The molecule has 0 unspecified atom stereocenters. The Hall–Kier alpha value is -1.47. The van der Waals surface area contributed by atoms with Gasteiger partial charge in [0.25, 0.3) is 0 Å². The van der Waals surface area contributed by atoms with E-state index in [0.29, 0.717) is 0 Å². The first-order valence-electron chi connectivity index (χ1n) is 5.33. The van der Waals surface area contributed by atoms with Crippen molar-refractivity contribution in [1.29, 1.82) is 0 Å². The van der Waals surface area contributed by atoms with E-state index in [1.165, 1.54) is 11.1 Å². The highest BCUT2D eigenvalue weighted by Gasteiger charge is 1.94. The van der Waals surface area contributed by atoms with Crippen LogP contribution in [-0.4, -0.2) is 0 Å². The Morgan fingerprint density at radius 2 is 1.44 bits per heavy atom. The van der Waals surface area contributed by atoms with E-state index in [4.69, 9.17) is 0 Å². The molecule has 0 spiro atoms. The summed E-state index contributed by atoms with van der Waals surface area (Å²) in [5.74, 6) is 0. The number of rotatable bonds is 3. The lowest BCUT2D eigenvalue weighted by atomic mass is 10.1. The summed E-state index contributed by atoms with van der Waals surface area (Å²) in [6, 6.07) is 20.6. The molecule has 0 nitrogen and oxygen atoms in total. The summed E-state index contributed by atoms with van der Waals surface area (Å²) in [5, 5.41) is 0. The lowest BCUT2D eigenvalue weighted by Crippen LogP contribution is -1.84. The molecule has 0 amide bonds. The Morgan fingerprint density at radius 1 is 0.875 bits per heavy atom. The highest BCUT2D eigenvalue weighted by Crippen LogP contribution is 2.15. The van der Waals surface area contributed by atoms with Crippen molar-refractivity contribution in [2.45, 2.75) is 6.42 Å². The van der Waals surface area contributed by atoms with Gasteiger partial charge in [-0.2, -0.15) is 0 Å². The Morgan fingerprint density at radius 3 is 2.06 bits per heavy atom. The maximum Gasteiger partial charge on any atom is 0.00320 e. The van der Waals surface area contributed by atoms with Crippen LogP contribution in [0, 0.1) is 0 Å². The smallest absolute Gasteiger partial charge is 0.00320 e. The molecule has 0 saturated heterocycles. The first kappa shape index (κ1) is 11.0. The van der Waals surface area contributed by atoms with Gasteiger partial charge in [-0.25, -0.2) is 0 Å². The maximum absolute atomic E-state index is 4.51. The monoisotopic (exact) mass is 226 g/mol. The van der Waals surface area contributed by atoms with Gasteiger partial charge in [0.15, 0.2) is 0 Å². The van der Waals surface area contributed by atoms with Gasteiger partial charge < -0.3 is 0 Å². The van der Waals surface area contributed by atoms with Crippen LogP contribution in [0.2, 0.25) is 0 Å². The molecule has 0 aliphatic carbocycles. The molecular formula is C15H14S. The summed E-state index contributed by atoms with van der Waals surface area (Å²) < 4.78 is 0. The predicted molar refractivity (Wildman–Crippen MR) is 73.6 cm³/mol. The van der Waals surface area contributed by atoms with E-state index in [1.54, 1.807) is 0 Å². The molecule has 80 valence electrons. The third-order valence-electron chi connectivity index (χ3n) is 2.36. The Bertz CT molecular complexity index is 457. The standard InChI is InChI=1S/C15H14S/c16-15(11-13-7-3-1-4-8-13)12-14-9-5-2-6-10-14/h1-11,16H,12H2/b15-11-. The van der Waals surface area contributed by atoms with Gasteiger partial charge in [0.05, 0.1) is 0 Å². The second-order valence-electron chi connectivity index (χ2n) is 3.71. The quantitative estimate of drug-likeness (QED) is 0.745. The Balaban J connectivity index is 2.09. The van der Waals surface area contributed by atoms with Gasteiger partial charge in [-0.1, -0.05) is 60.7 Å². The fourth-order valence-corrected chi connectivity index (χ4v) is 1.93. The van der Waals surface area contributed by atoms with Crippen molar-refractivity contribution in [2.75, 3.05) is 0 Å². The van der Waals surface area contributed by atoms with Crippen molar-refractivity contribution in [2.24, 2.45) is 0 Å². The van der Waals surface area contributed by atoms with Crippen LogP contribution in [-0.2, 0) is 6.42 Å². The zero-order valence-corrected chi connectivity index (χ0v) is 9.90. The minimum absolute atomic E-state index is 0.888. The molecule has 0 N–H and O–H groups in total.